The van der Waals surface area contributed by atoms with Crippen LogP contribution < -0.4 is 5.32 Å². The molecule has 1 aromatic carbocycles. The Morgan fingerprint density at radius 2 is 2.00 bits per heavy atom. The molecule has 0 radical (unpaired) electrons. The van der Waals surface area contributed by atoms with Crippen LogP contribution in [0.2, 0.25) is 0 Å². The summed E-state index contributed by atoms with van der Waals surface area (Å²) in [5, 5.41) is 13.9. The molecule has 0 aliphatic rings. The first-order valence-electron chi connectivity index (χ1n) is 6.04. The topological polar surface area (TPSA) is 68.1 Å². The third-order valence-corrected chi connectivity index (χ3v) is 2.92. The summed E-state index contributed by atoms with van der Waals surface area (Å²) in [5.41, 5.74) is 2.10. The third-order valence-electron chi connectivity index (χ3n) is 2.92. The largest absolute Gasteiger partial charge is 0.305 e. The van der Waals surface area contributed by atoms with Crippen LogP contribution in [0, 0.1) is 10.1 Å². The normalized spacial score (nSPS) is 12.1. The van der Waals surface area contributed by atoms with Crippen LogP contribution in [-0.2, 0) is 6.54 Å². The van der Waals surface area contributed by atoms with E-state index in [9.17, 15) is 10.1 Å². The maximum atomic E-state index is 10.6. The predicted molar refractivity (Wildman–Crippen MR) is 72.6 cm³/mol. The van der Waals surface area contributed by atoms with Gasteiger partial charge in [0.05, 0.1) is 10.6 Å². The molecule has 0 aliphatic carbocycles. The number of pyridine rings is 1. The first kappa shape index (κ1) is 13.2. The molecular formula is C14H15N3O2. The fourth-order valence-corrected chi connectivity index (χ4v) is 1.76. The highest BCUT2D eigenvalue weighted by atomic mass is 16.6. The Labute approximate surface area is 111 Å². The average Bonchev–Trinajstić information content (AvgIpc) is 2.46. The van der Waals surface area contributed by atoms with Crippen molar-refractivity contribution < 1.29 is 4.92 Å². The van der Waals surface area contributed by atoms with Crippen LogP contribution in [0.3, 0.4) is 0 Å². The average molecular weight is 257 g/mol. The van der Waals surface area contributed by atoms with Crippen LogP contribution in [0.5, 0.6) is 0 Å². The molecule has 0 fully saturated rings. The minimum atomic E-state index is -0.393. The highest BCUT2D eigenvalue weighted by molar-refractivity contribution is 5.34. The lowest BCUT2D eigenvalue weighted by molar-refractivity contribution is -0.384. The van der Waals surface area contributed by atoms with E-state index in [1.165, 1.54) is 12.1 Å². The molecule has 0 saturated carbocycles. The Morgan fingerprint density at radius 3 is 2.58 bits per heavy atom. The molecule has 5 heteroatoms. The highest BCUT2D eigenvalue weighted by Crippen LogP contribution is 2.17. The van der Waals surface area contributed by atoms with Crippen LogP contribution in [0.1, 0.15) is 24.2 Å². The Bertz CT molecular complexity index is 540. The van der Waals surface area contributed by atoms with Gasteiger partial charge in [-0.3, -0.25) is 15.1 Å². The van der Waals surface area contributed by atoms with Gasteiger partial charge in [-0.1, -0.05) is 18.2 Å². The minimum Gasteiger partial charge on any atom is -0.305 e. The van der Waals surface area contributed by atoms with Crippen LogP contribution >= 0.6 is 0 Å². The van der Waals surface area contributed by atoms with E-state index in [0.29, 0.717) is 6.54 Å². The van der Waals surface area contributed by atoms with Crippen molar-refractivity contribution in [3.05, 3.63) is 70.0 Å². The molecule has 0 spiro atoms. The second-order valence-corrected chi connectivity index (χ2v) is 4.27. The van der Waals surface area contributed by atoms with Crippen molar-refractivity contribution in [3.8, 4) is 0 Å². The van der Waals surface area contributed by atoms with Gasteiger partial charge < -0.3 is 5.32 Å². The van der Waals surface area contributed by atoms with E-state index in [2.05, 4.69) is 10.3 Å². The molecular weight excluding hydrogens is 242 g/mol. The summed E-state index contributed by atoms with van der Waals surface area (Å²) in [6.07, 6.45) is 1.76. The zero-order valence-electron chi connectivity index (χ0n) is 10.6. The van der Waals surface area contributed by atoms with Gasteiger partial charge in [0.1, 0.15) is 0 Å². The molecule has 1 aromatic heterocycles. The summed E-state index contributed by atoms with van der Waals surface area (Å²) >= 11 is 0. The van der Waals surface area contributed by atoms with Crippen molar-refractivity contribution in [1.29, 1.82) is 0 Å². The monoisotopic (exact) mass is 257 g/mol. The Kier molecular flexibility index (Phi) is 4.20. The van der Waals surface area contributed by atoms with E-state index in [4.69, 9.17) is 0 Å². The maximum Gasteiger partial charge on any atom is 0.269 e. The molecule has 0 aliphatic heterocycles. The van der Waals surface area contributed by atoms with Crippen LogP contribution in [0.15, 0.2) is 48.7 Å². The molecule has 1 heterocycles. The number of nitrogens with one attached hydrogen (secondary N) is 1. The number of nitrogens with zero attached hydrogens (tertiary/aromatic N) is 2. The second kappa shape index (κ2) is 6.06. The molecule has 19 heavy (non-hydrogen) atoms. The zero-order chi connectivity index (χ0) is 13.7. The number of hydrogen-bond acceptors (Lipinski definition) is 4. The number of hydrogen-bond donors (Lipinski definition) is 1. The van der Waals surface area contributed by atoms with Crippen molar-refractivity contribution in [1.82, 2.24) is 10.3 Å². The number of non-ortho nitro benzene ring substituents is 1. The summed E-state index contributed by atoms with van der Waals surface area (Å²) in [4.78, 5) is 14.4. The van der Waals surface area contributed by atoms with E-state index in [0.717, 1.165) is 11.3 Å². The van der Waals surface area contributed by atoms with E-state index >= 15 is 0 Å². The van der Waals surface area contributed by atoms with E-state index in [1.54, 1.807) is 18.3 Å². The summed E-state index contributed by atoms with van der Waals surface area (Å²) in [5.74, 6) is 0. The van der Waals surface area contributed by atoms with Crippen LogP contribution in [-0.4, -0.2) is 9.91 Å². The number of benzene rings is 1. The molecule has 0 amide bonds. The van der Waals surface area contributed by atoms with E-state index in [1.807, 2.05) is 25.1 Å². The predicted octanol–water partition coefficient (Wildman–Crippen LogP) is 2.84. The highest BCUT2D eigenvalue weighted by Gasteiger charge is 2.08. The lowest BCUT2D eigenvalue weighted by atomic mass is 10.1. The molecule has 2 rings (SSSR count). The number of rotatable bonds is 5. The minimum absolute atomic E-state index is 0.112. The fourth-order valence-electron chi connectivity index (χ4n) is 1.76. The van der Waals surface area contributed by atoms with Crippen molar-refractivity contribution in [2.24, 2.45) is 0 Å². The third kappa shape index (κ3) is 3.59. The summed E-state index contributed by atoms with van der Waals surface area (Å²) in [6.45, 7) is 2.68. The van der Waals surface area contributed by atoms with Gasteiger partial charge in [-0.2, -0.15) is 0 Å². The maximum absolute atomic E-state index is 10.6. The zero-order valence-corrected chi connectivity index (χ0v) is 10.6. The molecule has 5 nitrogen and oxygen atoms in total. The van der Waals surface area contributed by atoms with Gasteiger partial charge in [0.25, 0.3) is 5.69 Å². The van der Waals surface area contributed by atoms with Crippen molar-refractivity contribution >= 4 is 5.69 Å². The second-order valence-electron chi connectivity index (χ2n) is 4.27. The molecule has 98 valence electrons. The molecule has 0 bridgehead atoms. The lowest BCUT2D eigenvalue weighted by Gasteiger charge is -2.13. The molecule has 1 atom stereocenters. The first-order chi connectivity index (χ1) is 9.16. The van der Waals surface area contributed by atoms with Gasteiger partial charge in [-0.25, -0.2) is 0 Å². The fraction of sp³-hybridized carbons (Fsp3) is 0.214. The first-order valence-corrected chi connectivity index (χ1v) is 6.04. The van der Waals surface area contributed by atoms with Crippen LogP contribution in [0.25, 0.3) is 0 Å². The molecule has 1 unspecified atom stereocenters. The number of nitro groups is 1. The van der Waals surface area contributed by atoms with Gasteiger partial charge in [0.15, 0.2) is 0 Å². The Balaban J connectivity index is 1.96. The Morgan fingerprint density at radius 1 is 1.26 bits per heavy atom. The molecule has 2 aromatic rings. The van der Waals surface area contributed by atoms with Crippen molar-refractivity contribution in [3.63, 3.8) is 0 Å². The molecule has 0 saturated heterocycles. The van der Waals surface area contributed by atoms with E-state index < -0.39 is 4.92 Å². The Hall–Kier alpha value is -2.27. The van der Waals surface area contributed by atoms with Gasteiger partial charge in [0, 0.05) is 30.9 Å². The number of nitro benzene ring substituents is 1. The quantitative estimate of drug-likeness (QED) is 0.660. The molecule has 1 N–H and O–H groups in total. The van der Waals surface area contributed by atoms with Crippen LogP contribution in [0.4, 0.5) is 5.69 Å². The lowest BCUT2D eigenvalue weighted by Crippen LogP contribution is -2.18. The van der Waals surface area contributed by atoms with Gasteiger partial charge in [-0.05, 0) is 24.6 Å². The standard InChI is InChI=1S/C14H15N3O2/c1-11(16-10-13-4-2-3-9-15-13)12-5-7-14(8-6-12)17(18)19/h2-9,11,16H,10H2,1H3. The SMILES string of the molecule is CC(NCc1ccccn1)c1ccc([N+](=O)[O-])cc1. The summed E-state index contributed by atoms with van der Waals surface area (Å²) < 4.78 is 0. The van der Waals surface area contributed by atoms with E-state index in [-0.39, 0.29) is 11.7 Å². The van der Waals surface area contributed by atoms with Gasteiger partial charge in [0.2, 0.25) is 0 Å². The van der Waals surface area contributed by atoms with Gasteiger partial charge in [-0.15, -0.1) is 0 Å². The number of aromatic nitrogens is 1. The van der Waals surface area contributed by atoms with Crippen molar-refractivity contribution in [2.45, 2.75) is 19.5 Å². The van der Waals surface area contributed by atoms with Gasteiger partial charge >= 0.3 is 0 Å². The summed E-state index contributed by atoms with van der Waals surface area (Å²) in [7, 11) is 0. The van der Waals surface area contributed by atoms with Crippen molar-refractivity contribution in [2.75, 3.05) is 0 Å². The summed E-state index contributed by atoms with van der Waals surface area (Å²) in [6, 6.07) is 12.5. The smallest absolute Gasteiger partial charge is 0.269 e.